The molecule has 5 nitrogen and oxygen atoms in total. The molecule has 2 heterocycles. The van der Waals surface area contributed by atoms with Gasteiger partial charge in [0, 0.05) is 17.1 Å². The Bertz CT molecular complexity index is 462. The van der Waals surface area contributed by atoms with Crippen molar-refractivity contribution in [1.82, 2.24) is 20.2 Å². The van der Waals surface area contributed by atoms with Crippen LogP contribution >= 0.6 is 11.8 Å². The smallest absolute Gasteiger partial charge is 0.213 e. The van der Waals surface area contributed by atoms with E-state index in [1.165, 1.54) is 11.8 Å². The summed E-state index contributed by atoms with van der Waals surface area (Å²) in [5, 5.41) is 7.54. The van der Waals surface area contributed by atoms with Gasteiger partial charge < -0.3 is 5.73 Å². The van der Waals surface area contributed by atoms with Crippen LogP contribution in [0.1, 0.15) is 24.5 Å². The van der Waals surface area contributed by atoms with E-state index in [0.29, 0.717) is 5.16 Å². The largest absolute Gasteiger partial charge is 0.323 e. The minimum Gasteiger partial charge on any atom is -0.323 e. The molecule has 0 fully saturated rings. The van der Waals surface area contributed by atoms with Crippen molar-refractivity contribution in [3.63, 3.8) is 0 Å². The third kappa shape index (κ3) is 2.59. The van der Waals surface area contributed by atoms with Gasteiger partial charge in [0.15, 0.2) is 0 Å². The van der Waals surface area contributed by atoms with E-state index in [0.717, 1.165) is 16.4 Å². The van der Waals surface area contributed by atoms with Crippen LogP contribution in [0.15, 0.2) is 28.4 Å². The van der Waals surface area contributed by atoms with E-state index in [2.05, 4.69) is 20.2 Å². The average Bonchev–Trinajstić information content (AvgIpc) is 2.65. The molecule has 0 aromatic carbocycles. The highest BCUT2D eigenvalue weighted by Gasteiger charge is 2.04. The van der Waals surface area contributed by atoms with E-state index >= 15 is 0 Å². The van der Waals surface area contributed by atoms with Gasteiger partial charge in [0.2, 0.25) is 5.16 Å². The quantitative estimate of drug-likeness (QED) is 0.846. The van der Waals surface area contributed by atoms with Crippen molar-refractivity contribution in [2.75, 3.05) is 0 Å². The van der Waals surface area contributed by atoms with E-state index in [1.54, 1.807) is 6.20 Å². The number of nitrogens with zero attached hydrogens (tertiary/aromatic N) is 3. The monoisotopic (exact) mass is 235 g/mol. The van der Waals surface area contributed by atoms with Gasteiger partial charge in [-0.25, -0.2) is 4.98 Å². The molecule has 0 radical (unpaired) electrons. The van der Waals surface area contributed by atoms with Crippen molar-refractivity contribution in [2.24, 2.45) is 5.73 Å². The van der Waals surface area contributed by atoms with Crippen molar-refractivity contribution in [3.05, 3.63) is 29.8 Å². The van der Waals surface area contributed by atoms with E-state index in [9.17, 15) is 0 Å². The number of hydrogen-bond donors (Lipinski definition) is 2. The zero-order chi connectivity index (χ0) is 11.5. The lowest BCUT2D eigenvalue weighted by Crippen LogP contribution is -2.06. The van der Waals surface area contributed by atoms with Crippen LogP contribution in [-0.2, 0) is 0 Å². The van der Waals surface area contributed by atoms with Crippen molar-refractivity contribution < 1.29 is 0 Å². The predicted octanol–water partition coefficient (Wildman–Crippen LogP) is 1.68. The molecule has 84 valence electrons. The lowest BCUT2D eigenvalue weighted by Gasteiger charge is -2.04. The number of nitrogens with one attached hydrogen (secondary N) is 1. The lowest BCUT2D eigenvalue weighted by atomic mass is 10.2. The summed E-state index contributed by atoms with van der Waals surface area (Å²) in [7, 11) is 0. The molecular weight excluding hydrogens is 222 g/mol. The van der Waals surface area contributed by atoms with Gasteiger partial charge in [0.25, 0.3) is 0 Å². The third-order valence-electron chi connectivity index (χ3n) is 2.01. The number of hydrogen-bond acceptors (Lipinski definition) is 5. The average molecular weight is 235 g/mol. The first-order valence-corrected chi connectivity index (χ1v) is 5.75. The highest BCUT2D eigenvalue weighted by Crippen LogP contribution is 2.24. The second kappa shape index (κ2) is 4.63. The Morgan fingerprint density at radius 2 is 2.25 bits per heavy atom. The first-order chi connectivity index (χ1) is 7.65. The summed E-state index contributed by atoms with van der Waals surface area (Å²) in [6.45, 7) is 3.78. The molecule has 1 atom stereocenters. The fraction of sp³-hybridized carbons (Fsp3) is 0.300. The summed E-state index contributed by atoms with van der Waals surface area (Å²) in [6.07, 6.45) is 1.79. The number of pyridine rings is 1. The second-order valence-corrected chi connectivity index (χ2v) is 4.55. The van der Waals surface area contributed by atoms with Crippen molar-refractivity contribution in [1.29, 1.82) is 0 Å². The van der Waals surface area contributed by atoms with E-state index in [1.807, 2.05) is 26.0 Å². The van der Waals surface area contributed by atoms with Gasteiger partial charge >= 0.3 is 0 Å². The number of aromatic amines is 1. The third-order valence-corrected chi connectivity index (χ3v) is 2.85. The standard InChI is InChI=1S/C10H13N5S/c1-6(11)9-4-3-8(5-12-9)16-10-13-7(2)14-15-10/h3-6H,11H2,1-2H3,(H,13,14,15). The molecule has 0 saturated heterocycles. The normalized spacial score (nSPS) is 12.7. The van der Waals surface area contributed by atoms with Crippen LogP contribution in [0.25, 0.3) is 0 Å². The number of aromatic nitrogens is 4. The summed E-state index contributed by atoms with van der Waals surface area (Å²) in [4.78, 5) is 9.48. The van der Waals surface area contributed by atoms with Crippen molar-refractivity contribution in [2.45, 2.75) is 29.9 Å². The maximum atomic E-state index is 5.72. The number of H-pyrrole nitrogens is 1. The molecule has 1 unspecified atom stereocenters. The Morgan fingerprint density at radius 3 is 2.75 bits per heavy atom. The van der Waals surface area contributed by atoms with Crippen molar-refractivity contribution >= 4 is 11.8 Å². The highest BCUT2D eigenvalue weighted by molar-refractivity contribution is 7.99. The Balaban J connectivity index is 2.11. The summed E-state index contributed by atoms with van der Waals surface area (Å²) >= 11 is 1.47. The van der Waals surface area contributed by atoms with E-state index in [-0.39, 0.29) is 6.04 Å². The first kappa shape index (κ1) is 11.1. The topological polar surface area (TPSA) is 80.5 Å². The summed E-state index contributed by atoms with van der Waals surface area (Å²) in [6, 6.07) is 3.86. The van der Waals surface area contributed by atoms with Gasteiger partial charge in [-0.05, 0) is 37.7 Å². The molecule has 2 aromatic rings. The van der Waals surface area contributed by atoms with Crippen LogP contribution in [0.2, 0.25) is 0 Å². The zero-order valence-corrected chi connectivity index (χ0v) is 9.95. The van der Waals surface area contributed by atoms with Gasteiger partial charge in [0.1, 0.15) is 5.82 Å². The predicted molar refractivity (Wildman–Crippen MR) is 62.1 cm³/mol. The minimum atomic E-state index is -0.0372. The Hall–Kier alpha value is -1.40. The fourth-order valence-corrected chi connectivity index (χ4v) is 1.92. The molecule has 2 aromatic heterocycles. The molecule has 2 rings (SSSR count). The Labute approximate surface area is 97.9 Å². The maximum absolute atomic E-state index is 5.72. The Morgan fingerprint density at radius 1 is 1.44 bits per heavy atom. The van der Waals surface area contributed by atoms with Gasteiger partial charge in [-0.2, -0.15) is 0 Å². The molecule has 3 N–H and O–H groups in total. The van der Waals surface area contributed by atoms with Gasteiger partial charge in [-0.3, -0.25) is 10.1 Å². The highest BCUT2D eigenvalue weighted by atomic mass is 32.2. The van der Waals surface area contributed by atoms with E-state index < -0.39 is 0 Å². The van der Waals surface area contributed by atoms with Crippen molar-refractivity contribution in [3.8, 4) is 0 Å². The van der Waals surface area contributed by atoms with Crippen LogP contribution in [0.3, 0.4) is 0 Å². The van der Waals surface area contributed by atoms with Crippen LogP contribution in [-0.4, -0.2) is 20.2 Å². The van der Waals surface area contributed by atoms with Crippen LogP contribution in [0.5, 0.6) is 0 Å². The van der Waals surface area contributed by atoms with Gasteiger partial charge in [0.05, 0.1) is 5.69 Å². The number of aryl methyl sites for hydroxylation is 1. The van der Waals surface area contributed by atoms with Crippen LogP contribution < -0.4 is 5.73 Å². The molecule has 0 spiro atoms. The SMILES string of the molecule is Cc1nc(Sc2ccc(C(C)N)nc2)n[nH]1. The summed E-state index contributed by atoms with van der Waals surface area (Å²) in [5.74, 6) is 0.808. The van der Waals surface area contributed by atoms with Gasteiger partial charge in [-0.1, -0.05) is 0 Å². The van der Waals surface area contributed by atoms with Crippen LogP contribution in [0, 0.1) is 6.92 Å². The van der Waals surface area contributed by atoms with E-state index in [4.69, 9.17) is 5.73 Å². The number of nitrogens with two attached hydrogens (primary N) is 1. The molecule has 0 saturated carbocycles. The maximum Gasteiger partial charge on any atom is 0.213 e. The molecule has 16 heavy (non-hydrogen) atoms. The lowest BCUT2D eigenvalue weighted by molar-refractivity contribution is 0.777. The molecule has 0 bridgehead atoms. The molecule has 0 aliphatic carbocycles. The molecule has 0 aliphatic rings. The molecule has 0 amide bonds. The first-order valence-electron chi connectivity index (χ1n) is 4.93. The van der Waals surface area contributed by atoms with Gasteiger partial charge in [-0.15, -0.1) is 5.10 Å². The molecule has 0 aliphatic heterocycles. The molecule has 6 heteroatoms. The Kier molecular flexibility index (Phi) is 3.21. The molecular formula is C10H13N5S. The zero-order valence-electron chi connectivity index (χ0n) is 9.14. The summed E-state index contributed by atoms with van der Waals surface area (Å²) in [5.41, 5.74) is 6.61. The summed E-state index contributed by atoms with van der Waals surface area (Å²) < 4.78 is 0. The second-order valence-electron chi connectivity index (χ2n) is 3.51. The number of rotatable bonds is 3. The van der Waals surface area contributed by atoms with Crippen LogP contribution in [0.4, 0.5) is 0 Å². The minimum absolute atomic E-state index is 0.0372. The fourth-order valence-electron chi connectivity index (χ4n) is 1.19.